The van der Waals surface area contributed by atoms with E-state index in [1.165, 1.54) is 5.01 Å². The monoisotopic (exact) mass is 322 g/mol. The number of nitrogens with zero attached hydrogens (tertiary/aromatic N) is 2. The Bertz CT molecular complexity index is 826. The number of benzene rings is 2. The van der Waals surface area contributed by atoms with Crippen molar-refractivity contribution in [2.75, 3.05) is 19.2 Å². The second-order valence-corrected chi connectivity index (χ2v) is 5.30. The number of hydrogen-bond acceptors (Lipinski definition) is 4. The summed E-state index contributed by atoms with van der Waals surface area (Å²) >= 11 is 0. The number of anilines is 1. The first-order valence-electron chi connectivity index (χ1n) is 7.53. The Morgan fingerprint density at radius 1 is 1.04 bits per heavy atom. The number of ether oxygens (including phenoxy) is 2. The van der Waals surface area contributed by atoms with E-state index in [0.717, 1.165) is 11.3 Å². The number of amides is 1. The van der Waals surface area contributed by atoms with E-state index >= 15 is 0 Å². The third-order valence-corrected chi connectivity index (χ3v) is 3.80. The molecule has 1 aliphatic rings. The van der Waals surface area contributed by atoms with E-state index in [-0.39, 0.29) is 5.91 Å². The van der Waals surface area contributed by atoms with Crippen LogP contribution in [0.5, 0.6) is 11.5 Å². The molecule has 1 heterocycles. The van der Waals surface area contributed by atoms with Gasteiger partial charge in [0.15, 0.2) is 0 Å². The quantitative estimate of drug-likeness (QED) is 0.809. The lowest BCUT2D eigenvalue weighted by Gasteiger charge is -2.11. The van der Waals surface area contributed by atoms with Crippen LogP contribution >= 0.6 is 0 Å². The first-order valence-corrected chi connectivity index (χ1v) is 7.53. The maximum Gasteiger partial charge on any atom is 0.280 e. The minimum absolute atomic E-state index is 0.156. The Morgan fingerprint density at radius 3 is 2.46 bits per heavy atom. The number of para-hydroxylation sites is 1. The molecule has 1 aliphatic heterocycles. The SMILES string of the molecule is COc1ccc(/C=C2\C(=O)N(c3ccccc3)N=C2C)c(OC)c1. The molecule has 0 atom stereocenters. The van der Waals surface area contributed by atoms with Crippen LogP contribution in [0.3, 0.4) is 0 Å². The van der Waals surface area contributed by atoms with Gasteiger partial charge in [0.25, 0.3) is 5.91 Å². The molecule has 5 nitrogen and oxygen atoms in total. The molecule has 0 aliphatic carbocycles. The zero-order valence-electron chi connectivity index (χ0n) is 13.8. The van der Waals surface area contributed by atoms with Gasteiger partial charge in [0.2, 0.25) is 0 Å². The van der Waals surface area contributed by atoms with Crippen molar-refractivity contribution in [2.24, 2.45) is 5.10 Å². The van der Waals surface area contributed by atoms with Crippen molar-refractivity contribution >= 4 is 23.4 Å². The molecule has 5 heteroatoms. The Hall–Kier alpha value is -3.08. The average molecular weight is 322 g/mol. The lowest BCUT2D eigenvalue weighted by atomic mass is 10.1. The van der Waals surface area contributed by atoms with Crippen LogP contribution in [0, 0.1) is 0 Å². The van der Waals surface area contributed by atoms with Crippen molar-refractivity contribution in [3.05, 3.63) is 59.7 Å². The molecule has 2 aromatic rings. The van der Waals surface area contributed by atoms with Crippen LogP contribution in [0.2, 0.25) is 0 Å². The summed E-state index contributed by atoms with van der Waals surface area (Å²) in [7, 11) is 3.19. The van der Waals surface area contributed by atoms with Crippen LogP contribution in [0.15, 0.2) is 59.2 Å². The van der Waals surface area contributed by atoms with Crippen LogP contribution in [-0.4, -0.2) is 25.8 Å². The molecule has 1 amide bonds. The number of rotatable bonds is 4. The standard InChI is InChI=1S/C19H18N2O3/c1-13-17(11-14-9-10-16(23-2)12-18(14)24-3)19(22)21(20-13)15-7-5-4-6-8-15/h4-12H,1-3H3/b17-11-. The predicted molar refractivity (Wildman–Crippen MR) is 94.6 cm³/mol. The summed E-state index contributed by atoms with van der Waals surface area (Å²) in [6, 6.07) is 14.8. The second kappa shape index (κ2) is 6.58. The van der Waals surface area contributed by atoms with Crippen molar-refractivity contribution in [1.29, 1.82) is 0 Å². The highest BCUT2D eigenvalue weighted by Crippen LogP contribution is 2.29. The van der Waals surface area contributed by atoms with Crippen LogP contribution < -0.4 is 14.5 Å². The molecule has 3 rings (SSSR count). The molecule has 0 fully saturated rings. The molecule has 0 N–H and O–H groups in total. The van der Waals surface area contributed by atoms with E-state index < -0.39 is 0 Å². The summed E-state index contributed by atoms with van der Waals surface area (Å²) < 4.78 is 10.6. The number of methoxy groups -OCH3 is 2. The molecule has 0 bridgehead atoms. The minimum atomic E-state index is -0.156. The lowest BCUT2D eigenvalue weighted by molar-refractivity contribution is -0.114. The number of carbonyl (C=O) groups is 1. The molecule has 0 saturated carbocycles. The van der Waals surface area contributed by atoms with Gasteiger partial charge in [0, 0.05) is 11.6 Å². The molecule has 0 saturated heterocycles. The summed E-state index contributed by atoms with van der Waals surface area (Å²) in [5, 5.41) is 5.79. The number of hydrogen-bond donors (Lipinski definition) is 0. The summed E-state index contributed by atoms with van der Waals surface area (Å²) in [4.78, 5) is 12.7. The Morgan fingerprint density at radius 2 is 1.79 bits per heavy atom. The fraction of sp³-hybridized carbons (Fsp3) is 0.158. The van der Waals surface area contributed by atoms with Gasteiger partial charge in [-0.15, -0.1) is 0 Å². The van der Waals surface area contributed by atoms with Crippen LogP contribution in [0.4, 0.5) is 5.69 Å². The molecule has 0 spiro atoms. The summed E-state index contributed by atoms with van der Waals surface area (Å²) in [5.74, 6) is 1.18. The fourth-order valence-electron chi connectivity index (χ4n) is 2.52. The first kappa shape index (κ1) is 15.8. The van der Waals surface area contributed by atoms with Crippen LogP contribution in [-0.2, 0) is 4.79 Å². The van der Waals surface area contributed by atoms with E-state index in [2.05, 4.69) is 5.10 Å². The molecular weight excluding hydrogens is 304 g/mol. The zero-order valence-corrected chi connectivity index (χ0v) is 13.8. The molecule has 0 radical (unpaired) electrons. The molecule has 122 valence electrons. The summed E-state index contributed by atoms with van der Waals surface area (Å²) in [5.41, 5.74) is 2.75. The molecule has 0 aromatic heterocycles. The number of carbonyl (C=O) groups excluding carboxylic acids is 1. The third-order valence-electron chi connectivity index (χ3n) is 3.80. The van der Waals surface area contributed by atoms with Crippen molar-refractivity contribution in [1.82, 2.24) is 0 Å². The van der Waals surface area contributed by atoms with Crippen LogP contribution in [0.25, 0.3) is 6.08 Å². The molecule has 0 unspecified atom stereocenters. The van der Waals surface area contributed by atoms with E-state index in [9.17, 15) is 4.79 Å². The van der Waals surface area contributed by atoms with Crippen molar-refractivity contribution in [2.45, 2.75) is 6.92 Å². The van der Waals surface area contributed by atoms with Gasteiger partial charge in [-0.2, -0.15) is 10.1 Å². The predicted octanol–water partition coefficient (Wildman–Crippen LogP) is 3.51. The van der Waals surface area contributed by atoms with Gasteiger partial charge < -0.3 is 9.47 Å². The molecular formula is C19H18N2O3. The second-order valence-electron chi connectivity index (χ2n) is 5.30. The minimum Gasteiger partial charge on any atom is -0.497 e. The highest BCUT2D eigenvalue weighted by molar-refractivity contribution is 6.32. The lowest BCUT2D eigenvalue weighted by Crippen LogP contribution is -2.21. The van der Waals surface area contributed by atoms with E-state index in [0.29, 0.717) is 22.8 Å². The topological polar surface area (TPSA) is 51.1 Å². The average Bonchev–Trinajstić information content (AvgIpc) is 2.91. The van der Waals surface area contributed by atoms with Gasteiger partial charge in [0.1, 0.15) is 11.5 Å². The van der Waals surface area contributed by atoms with Gasteiger partial charge in [-0.25, -0.2) is 0 Å². The smallest absolute Gasteiger partial charge is 0.280 e. The fourth-order valence-corrected chi connectivity index (χ4v) is 2.52. The van der Waals surface area contributed by atoms with E-state index in [4.69, 9.17) is 9.47 Å². The number of hydrazone groups is 1. The Balaban J connectivity index is 1.97. The first-order chi connectivity index (χ1) is 11.6. The summed E-state index contributed by atoms with van der Waals surface area (Å²) in [6.45, 7) is 1.82. The Kier molecular flexibility index (Phi) is 4.33. The van der Waals surface area contributed by atoms with Gasteiger partial charge in [-0.1, -0.05) is 18.2 Å². The Labute approximate surface area is 140 Å². The third kappa shape index (κ3) is 2.88. The highest BCUT2D eigenvalue weighted by atomic mass is 16.5. The van der Waals surface area contributed by atoms with Gasteiger partial charge in [-0.3, -0.25) is 4.79 Å². The molecule has 24 heavy (non-hydrogen) atoms. The van der Waals surface area contributed by atoms with E-state index in [1.54, 1.807) is 26.4 Å². The maximum atomic E-state index is 12.7. The van der Waals surface area contributed by atoms with E-state index in [1.807, 2.05) is 49.4 Å². The normalized spacial score (nSPS) is 15.6. The summed E-state index contributed by atoms with van der Waals surface area (Å²) in [6.07, 6.45) is 1.79. The largest absolute Gasteiger partial charge is 0.497 e. The van der Waals surface area contributed by atoms with Gasteiger partial charge in [-0.05, 0) is 37.3 Å². The molecule has 2 aromatic carbocycles. The van der Waals surface area contributed by atoms with Crippen molar-refractivity contribution in [3.8, 4) is 11.5 Å². The van der Waals surface area contributed by atoms with Crippen molar-refractivity contribution < 1.29 is 14.3 Å². The van der Waals surface area contributed by atoms with Gasteiger partial charge >= 0.3 is 0 Å². The zero-order chi connectivity index (χ0) is 17.1. The highest BCUT2D eigenvalue weighted by Gasteiger charge is 2.28. The van der Waals surface area contributed by atoms with Crippen LogP contribution in [0.1, 0.15) is 12.5 Å². The van der Waals surface area contributed by atoms with Gasteiger partial charge in [0.05, 0.1) is 31.2 Å². The van der Waals surface area contributed by atoms with Crippen molar-refractivity contribution in [3.63, 3.8) is 0 Å². The maximum absolute atomic E-state index is 12.7.